The molecule has 0 heterocycles. The van der Waals surface area contributed by atoms with Gasteiger partial charge in [-0.05, 0) is 68.1 Å². The van der Waals surface area contributed by atoms with E-state index in [2.05, 4.69) is 0 Å². The van der Waals surface area contributed by atoms with Crippen LogP contribution in [0, 0.1) is 19.3 Å². The fraction of sp³-hybridized carbons (Fsp3) is 0.355. The fourth-order valence-corrected chi connectivity index (χ4v) is 4.30. The van der Waals surface area contributed by atoms with Crippen molar-refractivity contribution in [2.24, 2.45) is 11.1 Å². The molecule has 0 aliphatic carbocycles. The molecule has 0 amide bonds. The van der Waals surface area contributed by atoms with Gasteiger partial charge in [-0.3, -0.25) is 4.18 Å². The molecule has 0 saturated carbocycles. The highest BCUT2D eigenvalue weighted by atomic mass is 32.2. The van der Waals surface area contributed by atoms with E-state index in [0.29, 0.717) is 16.7 Å². The minimum absolute atomic E-state index is 0.0244. The number of esters is 2. The van der Waals surface area contributed by atoms with Gasteiger partial charge in [0.25, 0.3) is 10.1 Å². The fourth-order valence-electron chi connectivity index (χ4n) is 3.69. The standard InChI is InChI=1S/C29H33NO7S.C2H6O/c1-18-9-7-11-21(15-18)27(31)35-23-14-13-20(25(37-38(6,33)34)26(30)29(3,4)5)17-24(23)36-28(32)22-12-8-10-19(2)16-22;1-2-3/h7-17,25-26H,30H2,1-6H3;3H,2H2,1H3. The van der Waals surface area contributed by atoms with Gasteiger partial charge >= 0.3 is 11.9 Å². The average Bonchev–Trinajstić information content (AvgIpc) is 2.87. The van der Waals surface area contributed by atoms with Crippen LogP contribution >= 0.6 is 0 Å². The lowest BCUT2D eigenvalue weighted by Gasteiger charge is -2.33. The Morgan fingerprint density at radius 2 is 1.32 bits per heavy atom. The van der Waals surface area contributed by atoms with Crippen LogP contribution in [-0.4, -0.2) is 44.4 Å². The summed E-state index contributed by atoms with van der Waals surface area (Å²) >= 11 is 0. The topological polar surface area (TPSA) is 142 Å². The molecule has 3 aromatic carbocycles. The SMILES string of the molecule is CCO.Cc1cccc(C(=O)Oc2ccc(C(OS(C)(=O)=O)C(N)C(C)(C)C)cc2OC(=O)c2cccc(C)c2)c1. The van der Waals surface area contributed by atoms with Crippen molar-refractivity contribution in [1.82, 2.24) is 0 Å². The summed E-state index contributed by atoms with van der Waals surface area (Å²) < 4.78 is 40.8. The first-order valence-electron chi connectivity index (χ1n) is 13.0. The molecule has 0 radical (unpaired) electrons. The second-order valence-corrected chi connectivity index (χ2v) is 12.3. The summed E-state index contributed by atoms with van der Waals surface area (Å²) in [7, 11) is -3.90. The van der Waals surface area contributed by atoms with E-state index in [-0.39, 0.29) is 18.1 Å². The summed E-state index contributed by atoms with van der Waals surface area (Å²) in [5, 5.41) is 7.57. The zero-order valence-corrected chi connectivity index (χ0v) is 25.3. The summed E-state index contributed by atoms with van der Waals surface area (Å²) in [5.41, 5.74) is 8.56. The Labute approximate surface area is 242 Å². The zero-order chi connectivity index (χ0) is 31.0. The Balaban J connectivity index is 0.00000187. The number of ether oxygens (including phenoxy) is 2. The van der Waals surface area contributed by atoms with E-state index in [9.17, 15) is 18.0 Å². The quantitative estimate of drug-likeness (QED) is 0.209. The van der Waals surface area contributed by atoms with Crippen LogP contribution in [0.3, 0.4) is 0 Å². The molecule has 3 aromatic rings. The van der Waals surface area contributed by atoms with Gasteiger partial charge in [-0.2, -0.15) is 8.42 Å². The third-order valence-corrected chi connectivity index (χ3v) is 6.37. The lowest BCUT2D eigenvalue weighted by molar-refractivity contribution is 0.0681. The van der Waals surface area contributed by atoms with Gasteiger partial charge in [0.05, 0.1) is 17.4 Å². The van der Waals surface area contributed by atoms with Gasteiger partial charge in [-0.25, -0.2) is 9.59 Å². The molecule has 3 rings (SSSR count). The first-order valence-corrected chi connectivity index (χ1v) is 14.8. The van der Waals surface area contributed by atoms with Gasteiger partial charge in [0, 0.05) is 12.6 Å². The molecule has 0 aromatic heterocycles. The van der Waals surface area contributed by atoms with Crippen LogP contribution in [0.25, 0.3) is 0 Å². The first-order chi connectivity index (χ1) is 19.1. The Morgan fingerprint density at radius 3 is 1.73 bits per heavy atom. The molecular weight excluding hydrogens is 546 g/mol. The van der Waals surface area contributed by atoms with Crippen molar-refractivity contribution in [3.63, 3.8) is 0 Å². The Morgan fingerprint density at radius 1 is 0.854 bits per heavy atom. The number of aryl methyl sites for hydroxylation is 2. The van der Waals surface area contributed by atoms with E-state index in [1.54, 1.807) is 43.3 Å². The van der Waals surface area contributed by atoms with Gasteiger partial charge in [-0.1, -0.05) is 62.2 Å². The van der Waals surface area contributed by atoms with Crippen molar-refractivity contribution in [3.05, 3.63) is 94.5 Å². The molecule has 0 bridgehead atoms. The zero-order valence-electron chi connectivity index (χ0n) is 24.5. The van der Waals surface area contributed by atoms with E-state index < -0.39 is 39.6 Å². The highest BCUT2D eigenvalue weighted by Gasteiger charge is 2.34. The Bertz CT molecular complexity index is 1460. The molecule has 0 aliphatic rings. The van der Waals surface area contributed by atoms with Crippen LogP contribution in [0.4, 0.5) is 0 Å². The van der Waals surface area contributed by atoms with Crippen LogP contribution in [0.5, 0.6) is 11.5 Å². The molecule has 0 saturated heterocycles. The van der Waals surface area contributed by atoms with E-state index in [4.69, 9.17) is 24.5 Å². The second-order valence-electron chi connectivity index (χ2n) is 10.7. The van der Waals surface area contributed by atoms with Crippen LogP contribution in [-0.2, 0) is 14.3 Å². The minimum Gasteiger partial charge on any atom is -0.419 e. The average molecular weight is 586 g/mol. The normalized spacial score (nSPS) is 12.9. The molecule has 2 unspecified atom stereocenters. The van der Waals surface area contributed by atoms with Gasteiger partial charge in [0.2, 0.25) is 0 Å². The maximum atomic E-state index is 13.0. The Kier molecular flexibility index (Phi) is 11.8. The number of rotatable bonds is 8. The van der Waals surface area contributed by atoms with Crippen molar-refractivity contribution < 1.29 is 36.8 Å². The second kappa shape index (κ2) is 14.4. The predicted molar refractivity (Wildman–Crippen MR) is 158 cm³/mol. The Hall–Kier alpha value is -3.57. The lowest BCUT2D eigenvalue weighted by Crippen LogP contribution is -2.42. The summed E-state index contributed by atoms with van der Waals surface area (Å²) in [5.74, 6) is -1.44. The van der Waals surface area contributed by atoms with Crippen molar-refractivity contribution in [2.45, 2.75) is 53.7 Å². The summed E-state index contributed by atoms with van der Waals surface area (Å²) in [6.07, 6.45) is -0.158. The number of benzene rings is 3. The summed E-state index contributed by atoms with van der Waals surface area (Å²) in [6.45, 7) is 11.2. The molecule has 222 valence electrons. The molecule has 9 nitrogen and oxygen atoms in total. The molecule has 0 aliphatic heterocycles. The number of nitrogens with two attached hydrogens (primary N) is 1. The van der Waals surface area contributed by atoms with Gasteiger partial charge in [0.1, 0.15) is 6.10 Å². The molecule has 2 atom stereocenters. The summed E-state index contributed by atoms with van der Waals surface area (Å²) in [4.78, 5) is 25.9. The maximum Gasteiger partial charge on any atom is 0.343 e. The highest BCUT2D eigenvalue weighted by molar-refractivity contribution is 7.86. The molecule has 10 heteroatoms. The predicted octanol–water partition coefficient (Wildman–Crippen LogP) is 5.13. The lowest BCUT2D eigenvalue weighted by atomic mass is 9.82. The first kappa shape index (κ1) is 33.6. The number of hydrogen-bond acceptors (Lipinski definition) is 9. The van der Waals surface area contributed by atoms with Crippen LogP contribution in [0.2, 0.25) is 0 Å². The largest absolute Gasteiger partial charge is 0.419 e. The number of aliphatic hydroxyl groups is 1. The van der Waals surface area contributed by atoms with E-state index in [1.165, 1.54) is 18.2 Å². The minimum atomic E-state index is -3.90. The van der Waals surface area contributed by atoms with E-state index in [1.807, 2.05) is 46.8 Å². The van der Waals surface area contributed by atoms with E-state index >= 15 is 0 Å². The van der Waals surface area contributed by atoms with Crippen LogP contribution in [0.15, 0.2) is 66.7 Å². The third-order valence-electron chi connectivity index (χ3n) is 5.81. The van der Waals surface area contributed by atoms with Gasteiger partial charge in [-0.15, -0.1) is 0 Å². The molecule has 41 heavy (non-hydrogen) atoms. The number of aliphatic hydroxyl groups excluding tert-OH is 1. The van der Waals surface area contributed by atoms with Crippen molar-refractivity contribution >= 4 is 22.1 Å². The third kappa shape index (κ3) is 10.4. The van der Waals surface area contributed by atoms with Crippen molar-refractivity contribution in [2.75, 3.05) is 12.9 Å². The van der Waals surface area contributed by atoms with Crippen LogP contribution in [0.1, 0.15) is 71.2 Å². The molecule has 3 N–H and O–H groups in total. The van der Waals surface area contributed by atoms with Crippen molar-refractivity contribution in [1.29, 1.82) is 0 Å². The van der Waals surface area contributed by atoms with Crippen LogP contribution < -0.4 is 15.2 Å². The van der Waals surface area contributed by atoms with E-state index in [0.717, 1.165) is 17.4 Å². The maximum absolute atomic E-state index is 13.0. The number of carbonyl (C=O) groups is 2. The number of carbonyl (C=O) groups excluding carboxylic acids is 2. The monoisotopic (exact) mass is 585 g/mol. The molecular formula is C31H39NO8S. The molecule has 0 fully saturated rings. The van der Waals surface area contributed by atoms with Crippen molar-refractivity contribution in [3.8, 4) is 11.5 Å². The highest BCUT2D eigenvalue weighted by Crippen LogP contribution is 2.37. The molecule has 0 spiro atoms. The van der Waals surface area contributed by atoms with Gasteiger partial charge < -0.3 is 20.3 Å². The number of hydrogen-bond donors (Lipinski definition) is 2. The summed E-state index contributed by atoms with van der Waals surface area (Å²) in [6, 6.07) is 17.3. The smallest absolute Gasteiger partial charge is 0.343 e. The van der Waals surface area contributed by atoms with Gasteiger partial charge in [0.15, 0.2) is 11.5 Å².